The van der Waals surface area contributed by atoms with Crippen molar-refractivity contribution < 1.29 is 4.42 Å². The van der Waals surface area contributed by atoms with Crippen LogP contribution in [0.25, 0.3) is 0 Å². The Bertz CT molecular complexity index is 527. The molecule has 0 radical (unpaired) electrons. The Labute approximate surface area is 113 Å². The van der Waals surface area contributed by atoms with Crippen LogP contribution in [0, 0.1) is 0 Å². The maximum absolute atomic E-state index is 5.34. The van der Waals surface area contributed by atoms with Crippen molar-refractivity contribution in [1.82, 2.24) is 14.8 Å². The van der Waals surface area contributed by atoms with Crippen LogP contribution in [-0.2, 0) is 20.1 Å². The Morgan fingerprint density at radius 3 is 2.84 bits per heavy atom. The number of nitrogens with zero attached hydrogens (tertiary/aromatic N) is 3. The van der Waals surface area contributed by atoms with Gasteiger partial charge in [0.05, 0.1) is 19.4 Å². The minimum Gasteiger partial charge on any atom is -0.467 e. The summed E-state index contributed by atoms with van der Waals surface area (Å²) < 4.78 is 7.43. The van der Waals surface area contributed by atoms with Gasteiger partial charge in [-0.3, -0.25) is 4.99 Å². The number of aliphatic imine (C=N–C) groups is 1. The molecule has 0 amide bonds. The van der Waals surface area contributed by atoms with Gasteiger partial charge in [-0.05, 0) is 24.3 Å². The largest absolute Gasteiger partial charge is 0.467 e. The van der Waals surface area contributed by atoms with E-state index in [4.69, 9.17) is 4.42 Å². The molecule has 5 heteroatoms. The standard InChI is InChI=1S/C14H20N4O/c1-15-14(16-10-12-6-4-8-17(12)2)18(3)11-13-7-5-9-19-13/h4-9H,10-11H2,1-3H3,(H,15,16). The second-order valence-electron chi connectivity index (χ2n) is 4.45. The van der Waals surface area contributed by atoms with E-state index in [1.807, 2.05) is 43.4 Å². The van der Waals surface area contributed by atoms with E-state index in [1.165, 1.54) is 5.69 Å². The molecule has 0 saturated heterocycles. The normalized spacial score (nSPS) is 11.6. The van der Waals surface area contributed by atoms with Crippen LogP contribution in [0.1, 0.15) is 11.5 Å². The van der Waals surface area contributed by atoms with Crippen LogP contribution in [0.5, 0.6) is 0 Å². The quantitative estimate of drug-likeness (QED) is 0.674. The maximum atomic E-state index is 5.34. The van der Waals surface area contributed by atoms with Gasteiger partial charge < -0.3 is 19.2 Å². The van der Waals surface area contributed by atoms with Gasteiger partial charge in [0.1, 0.15) is 5.76 Å². The minimum atomic E-state index is 0.694. The first-order valence-corrected chi connectivity index (χ1v) is 6.25. The van der Waals surface area contributed by atoms with Crippen LogP contribution in [0.2, 0.25) is 0 Å². The summed E-state index contributed by atoms with van der Waals surface area (Å²) in [6.07, 6.45) is 3.72. The van der Waals surface area contributed by atoms with Crippen LogP contribution >= 0.6 is 0 Å². The van der Waals surface area contributed by atoms with Crippen LogP contribution in [0.3, 0.4) is 0 Å². The molecule has 0 aliphatic carbocycles. The van der Waals surface area contributed by atoms with Crippen molar-refractivity contribution in [2.45, 2.75) is 13.1 Å². The Morgan fingerprint density at radius 2 is 2.26 bits per heavy atom. The lowest BCUT2D eigenvalue weighted by Crippen LogP contribution is -2.38. The van der Waals surface area contributed by atoms with Crippen LogP contribution in [-0.4, -0.2) is 29.5 Å². The molecule has 0 fully saturated rings. The second kappa shape index (κ2) is 6.13. The van der Waals surface area contributed by atoms with Crippen molar-refractivity contribution in [2.75, 3.05) is 14.1 Å². The minimum absolute atomic E-state index is 0.694. The second-order valence-corrected chi connectivity index (χ2v) is 4.45. The number of hydrogen-bond acceptors (Lipinski definition) is 2. The molecule has 2 aromatic heterocycles. The fourth-order valence-corrected chi connectivity index (χ4v) is 1.95. The number of hydrogen-bond donors (Lipinski definition) is 1. The van der Waals surface area contributed by atoms with E-state index in [-0.39, 0.29) is 0 Å². The summed E-state index contributed by atoms with van der Waals surface area (Å²) in [6.45, 7) is 1.44. The molecular weight excluding hydrogens is 240 g/mol. The Hall–Kier alpha value is -2.17. The number of rotatable bonds is 4. The lowest BCUT2D eigenvalue weighted by atomic mass is 10.4. The molecule has 0 aromatic carbocycles. The summed E-state index contributed by atoms with van der Waals surface area (Å²) in [7, 11) is 5.81. The van der Waals surface area contributed by atoms with Gasteiger partial charge in [0.15, 0.2) is 5.96 Å². The lowest BCUT2D eigenvalue weighted by Gasteiger charge is -2.21. The van der Waals surface area contributed by atoms with E-state index in [0.29, 0.717) is 6.54 Å². The van der Waals surface area contributed by atoms with E-state index in [2.05, 4.69) is 20.9 Å². The number of guanidine groups is 1. The van der Waals surface area contributed by atoms with Gasteiger partial charge in [-0.1, -0.05) is 0 Å². The highest BCUT2D eigenvalue weighted by atomic mass is 16.3. The molecule has 19 heavy (non-hydrogen) atoms. The zero-order valence-electron chi connectivity index (χ0n) is 11.6. The number of furan rings is 1. The monoisotopic (exact) mass is 260 g/mol. The summed E-state index contributed by atoms with van der Waals surface area (Å²) in [5, 5.41) is 3.34. The number of aryl methyl sites for hydroxylation is 1. The first-order valence-electron chi connectivity index (χ1n) is 6.25. The molecule has 2 rings (SSSR count). The summed E-state index contributed by atoms with van der Waals surface area (Å²) >= 11 is 0. The first kappa shape index (κ1) is 13.3. The summed E-state index contributed by atoms with van der Waals surface area (Å²) in [4.78, 5) is 6.31. The van der Waals surface area contributed by atoms with Gasteiger partial charge >= 0.3 is 0 Å². The third kappa shape index (κ3) is 3.40. The molecule has 1 N–H and O–H groups in total. The Kier molecular flexibility index (Phi) is 4.28. The van der Waals surface area contributed by atoms with E-state index in [0.717, 1.165) is 18.3 Å². The highest BCUT2D eigenvalue weighted by Gasteiger charge is 2.08. The van der Waals surface area contributed by atoms with E-state index >= 15 is 0 Å². The molecule has 102 valence electrons. The molecule has 0 saturated carbocycles. The first-order chi connectivity index (χ1) is 9.20. The van der Waals surface area contributed by atoms with Crippen molar-refractivity contribution in [3.63, 3.8) is 0 Å². The molecule has 0 atom stereocenters. The van der Waals surface area contributed by atoms with E-state index in [9.17, 15) is 0 Å². The van der Waals surface area contributed by atoms with Crippen molar-refractivity contribution in [1.29, 1.82) is 0 Å². The average Bonchev–Trinajstić information content (AvgIpc) is 3.02. The van der Waals surface area contributed by atoms with Gasteiger partial charge in [-0.25, -0.2) is 0 Å². The fourth-order valence-electron chi connectivity index (χ4n) is 1.95. The van der Waals surface area contributed by atoms with Gasteiger partial charge in [0.25, 0.3) is 0 Å². The van der Waals surface area contributed by atoms with Crippen LogP contribution in [0.4, 0.5) is 0 Å². The molecule has 0 bridgehead atoms. The lowest BCUT2D eigenvalue weighted by molar-refractivity contribution is 0.399. The molecule has 0 unspecified atom stereocenters. The van der Waals surface area contributed by atoms with Crippen LogP contribution < -0.4 is 5.32 Å². The molecule has 2 aromatic rings. The summed E-state index contributed by atoms with van der Waals surface area (Å²) in [5.74, 6) is 1.77. The van der Waals surface area contributed by atoms with Crippen molar-refractivity contribution in [2.24, 2.45) is 12.0 Å². The van der Waals surface area contributed by atoms with Crippen molar-refractivity contribution in [3.05, 3.63) is 48.2 Å². The Morgan fingerprint density at radius 1 is 1.42 bits per heavy atom. The van der Waals surface area contributed by atoms with Gasteiger partial charge in [0.2, 0.25) is 0 Å². The molecule has 5 nitrogen and oxygen atoms in total. The third-order valence-electron chi connectivity index (χ3n) is 3.03. The maximum Gasteiger partial charge on any atom is 0.194 e. The van der Waals surface area contributed by atoms with E-state index < -0.39 is 0 Å². The predicted octanol–water partition coefficient (Wildman–Crippen LogP) is 1.83. The highest BCUT2D eigenvalue weighted by molar-refractivity contribution is 5.79. The zero-order valence-corrected chi connectivity index (χ0v) is 11.6. The van der Waals surface area contributed by atoms with Crippen molar-refractivity contribution >= 4 is 5.96 Å². The fraction of sp³-hybridized carbons (Fsp3) is 0.357. The number of aromatic nitrogens is 1. The van der Waals surface area contributed by atoms with E-state index in [1.54, 1.807) is 13.3 Å². The van der Waals surface area contributed by atoms with Gasteiger partial charge in [-0.2, -0.15) is 0 Å². The molecule has 0 aliphatic heterocycles. The number of nitrogens with one attached hydrogen (secondary N) is 1. The molecule has 0 spiro atoms. The van der Waals surface area contributed by atoms with Gasteiger partial charge in [0, 0.05) is 33.0 Å². The molecule has 2 heterocycles. The third-order valence-corrected chi connectivity index (χ3v) is 3.03. The predicted molar refractivity (Wildman–Crippen MR) is 75.8 cm³/mol. The smallest absolute Gasteiger partial charge is 0.194 e. The molecule has 0 aliphatic rings. The summed E-state index contributed by atoms with van der Waals surface area (Å²) in [5.41, 5.74) is 1.22. The zero-order chi connectivity index (χ0) is 13.7. The Balaban J connectivity index is 1.91. The van der Waals surface area contributed by atoms with Crippen LogP contribution in [0.15, 0.2) is 46.1 Å². The molecular formula is C14H20N4O. The average molecular weight is 260 g/mol. The highest BCUT2D eigenvalue weighted by Crippen LogP contribution is 2.04. The topological polar surface area (TPSA) is 45.7 Å². The van der Waals surface area contributed by atoms with Gasteiger partial charge in [-0.15, -0.1) is 0 Å². The summed E-state index contributed by atoms with van der Waals surface area (Å²) in [6, 6.07) is 7.98. The van der Waals surface area contributed by atoms with Crippen molar-refractivity contribution in [3.8, 4) is 0 Å². The SMILES string of the molecule is CN=C(NCc1cccn1C)N(C)Cc1ccco1.